The summed E-state index contributed by atoms with van der Waals surface area (Å²) >= 11 is 1.57. The minimum absolute atomic E-state index is 0.0812. The number of aryl methyl sites for hydroxylation is 1. The molecule has 1 aromatic carbocycles. The summed E-state index contributed by atoms with van der Waals surface area (Å²) in [6.45, 7) is 4.26. The summed E-state index contributed by atoms with van der Waals surface area (Å²) in [5.74, 6) is -0.225. The number of benzene rings is 1. The van der Waals surface area contributed by atoms with Crippen LogP contribution in [0.25, 0.3) is 0 Å². The summed E-state index contributed by atoms with van der Waals surface area (Å²) in [6, 6.07) is 8.10. The Kier molecular flexibility index (Phi) is 13.7. The number of carbonyl (C=O) groups is 4. The van der Waals surface area contributed by atoms with Crippen LogP contribution in [-0.4, -0.2) is 79.0 Å². The second-order valence-electron chi connectivity index (χ2n) is 9.32. The monoisotopic (exact) mass is 535 g/mol. The van der Waals surface area contributed by atoms with Crippen LogP contribution in [0.3, 0.4) is 0 Å². The first-order chi connectivity index (χ1) is 17.8. The molecule has 9 nitrogen and oxygen atoms in total. The van der Waals surface area contributed by atoms with Crippen LogP contribution in [0, 0.1) is 5.92 Å². The largest absolute Gasteiger partial charge is 0.467 e. The van der Waals surface area contributed by atoms with Crippen LogP contribution >= 0.6 is 11.8 Å². The first-order valence-corrected chi connectivity index (χ1v) is 14.3. The molecule has 2 amide bonds. The van der Waals surface area contributed by atoms with E-state index in [2.05, 4.69) is 10.6 Å². The molecule has 37 heavy (non-hydrogen) atoms. The molecule has 0 aromatic heterocycles. The smallest absolute Gasteiger partial charge is 0.331 e. The number of hydroxylamine groups is 2. The Hall–Kier alpha value is -2.43. The summed E-state index contributed by atoms with van der Waals surface area (Å²) in [7, 11) is 1.30. The number of hydrogen-bond donors (Lipinski definition) is 2. The minimum Gasteiger partial charge on any atom is -0.467 e. The molecule has 1 aromatic rings. The highest BCUT2D eigenvalue weighted by Crippen LogP contribution is 2.17. The molecule has 0 saturated carbocycles. The summed E-state index contributed by atoms with van der Waals surface area (Å²) < 4.78 is 5.01. The van der Waals surface area contributed by atoms with Gasteiger partial charge < -0.3 is 15.4 Å². The molecule has 0 bridgehead atoms. The van der Waals surface area contributed by atoms with Gasteiger partial charge in [0.25, 0.3) is 0 Å². The summed E-state index contributed by atoms with van der Waals surface area (Å²) in [6.07, 6.45) is 4.71. The highest BCUT2D eigenvalue weighted by Gasteiger charge is 2.33. The second-order valence-corrected chi connectivity index (χ2v) is 10.3. The zero-order valence-electron chi connectivity index (χ0n) is 22.4. The van der Waals surface area contributed by atoms with Crippen LogP contribution in [0.4, 0.5) is 0 Å². The highest BCUT2D eigenvalue weighted by atomic mass is 32.2. The first-order valence-electron chi connectivity index (χ1n) is 12.9. The maximum atomic E-state index is 13.3. The van der Waals surface area contributed by atoms with Gasteiger partial charge in [-0.1, -0.05) is 50.6 Å². The lowest BCUT2D eigenvalue weighted by molar-refractivity contribution is -0.211. The lowest BCUT2D eigenvalue weighted by atomic mass is 9.99. The number of ketones is 1. The fraction of sp³-hybridized carbons (Fsp3) is 0.630. The molecule has 10 heteroatoms. The number of esters is 1. The molecule has 1 aliphatic rings. The van der Waals surface area contributed by atoms with E-state index in [0.29, 0.717) is 31.4 Å². The molecule has 0 aliphatic carbocycles. The van der Waals surface area contributed by atoms with E-state index >= 15 is 0 Å². The summed E-state index contributed by atoms with van der Waals surface area (Å²) in [4.78, 5) is 56.1. The molecule has 206 valence electrons. The van der Waals surface area contributed by atoms with Gasteiger partial charge in [-0.15, -0.1) is 0 Å². The molecular formula is C27H41N3O6S. The lowest BCUT2D eigenvalue weighted by Crippen LogP contribution is -2.50. The number of ether oxygens (including phenoxy) is 1. The van der Waals surface area contributed by atoms with E-state index in [0.717, 1.165) is 12.0 Å². The van der Waals surface area contributed by atoms with Gasteiger partial charge in [-0.05, 0) is 42.8 Å². The first kappa shape index (κ1) is 30.8. The molecule has 1 heterocycles. The van der Waals surface area contributed by atoms with Gasteiger partial charge >= 0.3 is 5.97 Å². The van der Waals surface area contributed by atoms with Crippen molar-refractivity contribution in [2.75, 3.05) is 32.3 Å². The molecule has 2 N–H and O–H groups in total. The van der Waals surface area contributed by atoms with Crippen LogP contribution in [0.15, 0.2) is 30.3 Å². The van der Waals surface area contributed by atoms with Crippen LogP contribution in [0.2, 0.25) is 0 Å². The van der Waals surface area contributed by atoms with Crippen LogP contribution in [0.5, 0.6) is 0 Å². The van der Waals surface area contributed by atoms with E-state index in [1.54, 1.807) is 11.8 Å². The van der Waals surface area contributed by atoms with E-state index in [1.165, 1.54) is 12.2 Å². The number of nitrogens with zero attached hydrogens (tertiary/aromatic N) is 1. The predicted octanol–water partition coefficient (Wildman–Crippen LogP) is 2.53. The molecule has 4 atom stereocenters. The third kappa shape index (κ3) is 10.1. The van der Waals surface area contributed by atoms with Gasteiger partial charge in [0.05, 0.1) is 26.3 Å². The average molecular weight is 536 g/mol. The topological polar surface area (TPSA) is 114 Å². The molecular weight excluding hydrogens is 494 g/mol. The second kappa shape index (κ2) is 16.4. The summed E-state index contributed by atoms with van der Waals surface area (Å²) in [5.41, 5.74) is 1.02. The van der Waals surface area contributed by atoms with Gasteiger partial charge in [0, 0.05) is 18.9 Å². The number of methoxy groups -OCH3 is 1. The van der Waals surface area contributed by atoms with Gasteiger partial charge in [-0.2, -0.15) is 11.8 Å². The number of hydrogen-bond acceptors (Lipinski definition) is 8. The third-order valence-electron chi connectivity index (χ3n) is 6.71. The van der Waals surface area contributed by atoms with Gasteiger partial charge in [0.2, 0.25) is 11.8 Å². The Morgan fingerprint density at radius 2 is 1.97 bits per heavy atom. The van der Waals surface area contributed by atoms with Crippen molar-refractivity contribution in [1.82, 2.24) is 15.7 Å². The number of Topliss-reactive ketones (excluding diaryl/α,β-unsaturated/α-hetero) is 1. The molecule has 0 unspecified atom stereocenters. The molecule has 0 radical (unpaired) electrons. The molecule has 1 aliphatic heterocycles. The van der Waals surface area contributed by atoms with E-state index in [1.807, 2.05) is 50.4 Å². The van der Waals surface area contributed by atoms with Gasteiger partial charge in [-0.3, -0.25) is 19.2 Å². The number of nitrogens with one attached hydrogen (secondary N) is 2. The quantitative estimate of drug-likeness (QED) is 0.231. The van der Waals surface area contributed by atoms with Crippen molar-refractivity contribution in [2.24, 2.45) is 5.92 Å². The molecule has 1 fully saturated rings. The maximum Gasteiger partial charge on any atom is 0.331 e. The van der Waals surface area contributed by atoms with E-state index in [-0.39, 0.29) is 49.1 Å². The van der Waals surface area contributed by atoms with Crippen LogP contribution < -0.4 is 10.6 Å². The molecule has 2 rings (SSSR count). The zero-order valence-corrected chi connectivity index (χ0v) is 23.2. The van der Waals surface area contributed by atoms with Crippen LogP contribution in [0.1, 0.15) is 51.5 Å². The van der Waals surface area contributed by atoms with Crippen molar-refractivity contribution >= 4 is 35.3 Å². The van der Waals surface area contributed by atoms with Crippen molar-refractivity contribution < 1.29 is 28.8 Å². The normalized spacial score (nSPS) is 17.5. The van der Waals surface area contributed by atoms with Gasteiger partial charge in [0.15, 0.2) is 11.8 Å². The van der Waals surface area contributed by atoms with Crippen molar-refractivity contribution in [3.63, 3.8) is 0 Å². The van der Waals surface area contributed by atoms with Crippen molar-refractivity contribution in [1.29, 1.82) is 0 Å². The van der Waals surface area contributed by atoms with Crippen molar-refractivity contribution in [3.05, 3.63) is 35.9 Å². The number of thioether (sulfide) groups is 1. The van der Waals surface area contributed by atoms with E-state index in [9.17, 15) is 19.2 Å². The van der Waals surface area contributed by atoms with Crippen molar-refractivity contribution in [3.8, 4) is 0 Å². The predicted molar refractivity (Wildman–Crippen MR) is 144 cm³/mol. The van der Waals surface area contributed by atoms with Gasteiger partial charge in [-0.25, -0.2) is 9.86 Å². The number of carbonyl (C=O) groups excluding carboxylic acids is 4. The Labute approximate surface area is 224 Å². The highest BCUT2D eigenvalue weighted by molar-refractivity contribution is 7.98. The minimum atomic E-state index is -0.867. The fourth-order valence-electron chi connectivity index (χ4n) is 4.12. The summed E-state index contributed by atoms with van der Waals surface area (Å²) in [5, 5.41) is 7.14. The van der Waals surface area contributed by atoms with E-state index < -0.39 is 18.1 Å². The SMILES string of the molecule is CC[C@H](C)[C@@H](CON(C(=O)CCc1ccccc1)[C@@H](CCSC)C(=O)OC)NCC(=O)[C@@H]1CCC(=O)N1. The Morgan fingerprint density at radius 1 is 1.24 bits per heavy atom. The number of rotatable bonds is 17. The number of amides is 2. The van der Waals surface area contributed by atoms with Crippen LogP contribution in [-0.2, 0) is 35.2 Å². The Bertz CT molecular complexity index is 884. The molecule has 0 spiro atoms. The fourth-order valence-corrected chi connectivity index (χ4v) is 4.58. The zero-order chi connectivity index (χ0) is 27.2. The maximum absolute atomic E-state index is 13.3. The Balaban J connectivity index is 2.11. The standard InChI is InChI=1S/C27H41N3O6S/c1-5-19(2)22(28-17-24(31)21-12-13-25(32)29-21)18-36-30(23(15-16-37-4)27(34)35-3)26(33)14-11-20-9-7-6-8-10-20/h6-10,19,21-23,28H,5,11-18H2,1-4H3,(H,29,32)/t19-,21-,22+,23-/m0/s1. The third-order valence-corrected chi connectivity index (χ3v) is 7.36. The Morgan fingerprint density at radius 3 is 2.57 bits per heavy atom. The van der Waals surface area contributed by atoms with Crippen molar-refractivity contribution in [2.45, 2.75) is 70.5 Å². The van der Waals surface area contributed by atoms with Gasteiger partial charge in [0.1, 0.15) is 0 Å². The average Bonchev–Trinajstić information content (AvgIpc) is 3.36. The molecule has 1 saturated heterocycles. The van der Waals surface area contributed by atoms with E-state index in [4.69, 9.17) is 9.57 Å². The lowest BCUT2D eigenvalue weighted by Gasteiger charge is -2.32.